The second-order valence-corrected chi connectivity index (χ2v) is 6.83. The predicted octanol–water partition coefficient (Wildman–Crippen LogP) is 4.30. The molecule has 8 heteroatoms. The van der Waals surface area contributed by atoms with Gasteiger partial charge < -0.3 is 19.6 Å². The third-order valence-corrected chi connectivity index (χ3v) is 5.07. The van der Waals surface area contributed by atoms with Crippen molar-refractivity contribution in [3.05, 3.63) is 65.9 Å². The smallest absolute Gasteiger partial charge is 0.341 e. The number of methoxy groups -OCH3 is 1. The van der Waals surface area contributed by atoms with Gasteiger partial charge in [0.05, 0.1) is 23.0 Å². The maximum absolute atomic E-state index is 12.5. The van der Waals surface area contributed by atoms with Gasteiger partial charge in [-0.3, -0.25) is 4.79 Å². The number of ether oxygens (including phenoxy) is 1. The fourth-order valence-corrected chi connectivity index (χ4v) is 3.58. The first-order valence-corrected chi connectivity index (χ1v) is 9.06. The van der Waals surface area contributed by atoms with Crippen molar-refractivity contribution in [2.75, 3.05) is 12.4 Å². The van der Waals surface area contributed by atoms with Gasteiger partial charge in [0, 0.05) is 0 Å². The van der Waals surface area contributed by atoms with E-state index in [0.29, 0.717) is 10.8 Å². The van der Waals surface area contributed by atoms with Crippen LogP contribution in [0.1, 0.15) is 20.9 Å². The Bertz CT molecular complexity index is 1160. The molecule has 0 aliphatic heterocycles. The van der Waals surface area contributed by atoms with Crippen molar-refractivity contribution in [1.82, 2.24) is 4.98 Å². The number of nitrogens with zero attached hydrogens (tertiary/aromatic N) is 1. The van der Waals surface area contributed by atoms with Crippen molar-refractivity contribution in [1.29, 1.82) is 0 Å². The lowest BCUT2D eigenvalue weighted by Gasteiger charge is -2.09. The standard InChI is InChI=1S/C20H14N2O5S/c1-26-20(25)11-5-4-7-13(17(11)23)21-18(24)14-9-10-15(27-14)19-22-12-6-2-3-8-16(12)28-19/h2-10,23H,1H3,(H,21,24). The number of fused-ring (bicyclic) bond motifs is 1. The van der Waals surface area contributed by atoms with E-state index >= 15 is 0 Å². The molecule has 2 N–H and O–H groups in total. The number of phenols is 1. The summed E-state index contributed by atoms with van der Waals surface area (Å²) in [6, 6.07) is 15.3. The summed E-state index contributed by atoms with van der Waals surface area (Å²) < 4.78 is 11.3. The summed E-state index contributed by atoms with van der Waals surface area (Å²) in [5.41, 5.74) is 0.884. The van der Waals surface area contributed by atoms with E-state index in [9.17, 15) is 14.7 Å². The number of amides is 1. The van der Waals surface area contributed by atoms with Crippen molar-refractivity contribution in [3.8, 4) is 16.5 Å². The molecule has 0 unspecified atom stereocenters. The molecule has 0 saturated heterocycles. The highest BCUT2D eigenvalue weighted by Gasteiger charge is 2.19. The minimum atomic E-state index is -0.704. The SMILES string of the molecule is COC(=O)c1cccc(NC(=O)c2ccc(-c3nc4ccccc4s3)o2)c1O. The molecule has 0 atom stereocenters. The zero-order chi connectivity index (χ0) is 19.7. The van der Waals surface area contributed by atoms with E-state index in [2.05, 4.69) is 15.0 Å². The van der Waals surface area contributed by atoms with Crippen LogP contribution in [-0.4, -0.2) is 29.1 Å². The number of phenolic OH excluding ortho intramolecular Hbond substituents is 1. The Hall–Kier alpha value is -3.65. The van der Waals surface area contributed by atoms with E-state index in [4.69, 9.17) is 4.42 Å². The van der Waals surface area contributed by atoms with Crippen molar-refractivity contribution in [2.45, 2.75) is 0 Å². The molecule has 4 rings (SSSR count). The summed E-state index contributed by atoms with van der Waals surface area (Å²) in [6.45, 7) is 0. The summed E-state index contributed by atoms with van der Waals surface area (Å²) in [7, 11) is 1.21. The molecule has 0 saturated carbocycles. The van der Waals surface area contributed by atoms with Gasteiger partial charge >= 0.3 is 5.97 Å². The molecule has 0 aliphatic rings. The number of anilines is 1. The average Bonchev–Trinajstić information content (AvgIpc) is 3.35. The first kappa shape index (κ1) is 17.7. The van der Waals surface area contributed by atoms with Crippen molar-refractivity contribution in [2.24, 2.45) is 0 Å². The van der Waals surface area contributed by atoms with E-state index in [0.717, 1.165) is 10.2 Å². The van der Waals surface area contributed by atoms with Gasteiger partial charge in [0.1, 0.15) is 5.56 Å². The molecular weight excluding hydrogens is 380 g/mol. The molecule has 7 nitrogen and oxygen atoms in total. The number of nitrogens with one attached hydrogen (secondary N) is 1. The Morgan fingerprint density at radius 1 is 1.11 bits per heavy atom. The molecule has 4 aromatic rings. The van der Waals surface area contributed by atoms with Crippen LogP contribution in [0.15, 0.2) is 59.0 Å². The highest BCUT2D eigenvalue weighted by Crippen LogP contribution is 2.32. The number of benzene rings is 2. The van der Waals surface area contributed by atoms with Crippen LogP contribution >= 0.6 is 11.3 Å². The van der Waals surface area contributed by atoms with Crippen molar-refractivity contribution < 1.29 is 23.8 Å². The van der Waals surface area contributed by atoms with Crippen LogP contribution in [0.5, 0.6) is 5.75 Å². The third-order valence-electron chi connectivity index (χ3n) is 4.02. The lowest BCUT2D eigenvalue weighted by Crippen LogP contribution is -2.12. The molecule has 2 aromatic heterocycles. The number of hydrogen-bond acceptors (Lipinski definition) is 7. The Labute approximate surface area is 163 Å². The van der Waals surface area contributed by atoms with Crippen molar-refractivity contribution >= 4 is 39.1 Å². The van der Waals surface area contributed by atoms with E-state index in [1.165, 1.54) is 42.7 Å². The summed E-state index contributed by atoms with van der Waals surface area (Å²) in [5.74, 6) is -1.12. The largest absolute Gasteiger partial charge is 0.505 e. The molecule has 2 aromatic carbocycles. The van der Waals surface area contributed by atoms with E-state index in [1.807, 2.05) is 24.3 Å². The van der Waals surface area contributed by atoms with Crippen LogP contribution < -0.4 is 5.32 Å². The number of rotatable bonds is 4. The minimum Gasteiger partial charge on any atom is -0.505 e. The zero-order valence-electron chi connectivity index (χ0n) is 14.6. The number of hydrogen-bond donors (Lipinski definition) is 2. The number of esters is 1. The summed E-state index contributed by atoms with van der Waals surface area (Å²) in [6.07, 6.45) is 0. The minimum absolute atomic E-state index is 0.0464. The van der Waals surface area contributed by atoms with Gasteiger partial charge in [-0.2, -0.15) is 0 Å². The fourth-order valence-electron chi connectivity index (χ4n) is 2.66. The molecule has 0 bridgehead atoms. The highest BCUT2D eigenvalue weighted by atomic mass is 32.1. The first-order valence-electron chi connectivity index (χ1n) is 8.24. The van der Waals surface area contributed by atoms with Crippen LogP contribution in [0.2, 0.25) is 0 Å². The van der Waals surface area contributed by atoms with E-state index < -0.39 is 11.9 Å². The van der Waals surface area contributed by atoms with Gasteiger partial charge in [-0.15, -0.1) is 11.3 Å². The monoisotopic (exact) mass is 394 g/mol. The molecule has 0 aliphatic carbocycles. The lowest BCUT2D eigenvalue weighted by atomic mass is 10.1. The van der Waals surface area contributed by atoms with Crippen molar-refractivity contribution in [3.63, 3.8) is 0 Å². The predicted molar refractivity (Wildman–Crippen MR) is 105 cm³/mol. The quantitative estimate of drug-likeness (QED) is 0.395. The maximum Gasteiger partial charge on any atom is 0.341 e. The molecule has 2 heterocycles. The molecule has 28 heavy (non-hydrogen) atoms. The first-order chi connectivity index (χ1) is 13.6. The van der Waals surface area contributed by atoms with Crippen LogP contribution in [-0.2, 0) is 4.74 Å². The number of furan rings is 1. The molecule has 0 fully saturated rings. The number of aromatic hydroxyl groups is 1. The summed E-state index contributed by atoms with van der Waals surface area (Å²) >= 11 is 1.46. The number of carbonyl (C=O) groups is 2. The van der Waals surface area contributed by atoms with E-state index in [-0.39, 0.29) is 22.8 Å². The molecular formula is C20H14N2O5S. The third kappa shape index (κ3) is 3.21. The van der Waals surface area contributed by atoms with E-state index in [1.54, 1.807) is 6.07 Å². The zero-order valence-corrected chi connectivity index (χ0v) is 15.4. The van der Waals surface area contributed by atoms with Gasteiger partial charge in [-0.1, -0.05) is 18.2 Å². The van der Waals surface area contributed by atoms with Gasteiger partial charge in [-0.05, 0) is 36.4 Å². The number of aromatic nitrogens is 1. The topological polar surface area (TPSA) is 102 Å². The summed E-state index contributed by atoms with van der Waals surface area (Å²) in [5, 5.41) is 13.4. The molecule has 1 amide bonds. The number of carbonyl (C=O) groups excluding carboxylic acids is 2. The Kier molecular flexibility index (Phi) is 4.54. The van der Waals surface area contributed by atoms with Gasteiger partial charge in [0.25, 0.3) is 5.91 Å². The van der Waals surface area contributed by atoms with Crippen LogP contribution in [0.25, 0.3) is 21.0 Å². The highest BCUT2D eigenvalue weighted by molar-refractivity contribution is 7.21. The molecule has 140 valence electrons. The van der Waals surface area contributed by atoms with Crippen LogP contribution in [0.4, 0.5) is 5.69 Å². The molecule has 0 radical (unpaired) electrons. The van der Waals surface area contributed by atoms with Gasteiger partial charge in [-0.25, -0.2) is 9.78 Å². The van der Waals surface area contributed by atoms with Gasteiger partial charge in [0.15, 0.2) is 22.3 Å². The fraction of sp³-hybridized carbons (Fsp3) is 0.0500. The molecule has 0 spiro atoms. The Balaban J connectivity index is 1.58. The van der Waals surface area contributed by atoms with Crippen LogP contribution in [0.3, 0.4) is 0 Å². The van der Waals surface area contributed by atoms with Crippen LogP contribution in [0, 0.1) is 0 Å². The lowest BCUT2D eigenvalue weighted by molar-refractivity contribution is 0.0597. The number of thiazole rings is 1. The maximum atomic E-state index is 12.5. The van der Waals surface area contributed by atoms with Gasteiger partial charge in [0.2, 0.25) is 0 Å². The second kappa shape index (κ2) is 7.16. The normalized spacial score (nSPS) is 10.8. The summed E-state index contributed by atoms with van der Waals surface area (Å²) in [4.78, 5) is 28.6. The Morgan fingerprint density at radius 3 is 2.71 bits per heavy atom. The second-order valence-electron chi connectivity index (χ2n) is 5.80. The number of para-hydroxylation sites is 2. The average molecular weight is 394 g/mol. The Morgan fingerprint density at radius 2 is 1.93 bits per heavy atom.